The summed E-state index contributed by atoms with van der Waals surface area (Å²) in [5, 5.41) is 21.1. The minimum atomic E-state index is -1.12. The average Bonchev–Trinajstić information content (AvgIpc) is 2.55. The van der Waals surface area contributed by atoms with Gasteiger partial charge in [-0.15, -0.1) is 0 Å². The summed E-state index contributed by atoms with van der Waals surface area (Å²) < 4.78 is 0. The molecule has 6 heteroatoms. The van der Waals surface area contributed by atoms with Crippen LogP contribution in [0.25, 0.3) is 0 Å². The van der Waals surface area contributed by atoms with Gasteiger partial charge in [-0.1, -0.05) is 43.2 Å². The maximum absolute atomic E-state index is 12.4. The molecule has 1 amide bonds. The molecule has 0 spiro atoms. The van der Waals surface area contributed by atoms with E-state index in [0.29, 0.717) is 12.8 Å². The molecule has 0 saturated heterocycles. The zero-order valence-corrected chi connectivity index (χ0v) is 12.8. The number of carboxylic acids is 2. The Kier molecular flexibility index (Phi) is 5.73. The van der Waals surface area contributed by atoms with Crippen LogP contribution in [0.3, 0.4) is 0 Å². The van der Waals surface area contributed by atoms with Crippen molar-refractivity contribution in [3.8, 4) is 0 Å². The monoisotopic (exact) mass is 319 g/mol. The number of hydrogen-bond acceptors (Lipinski definition) is 3. The Morgan fingerprint density at radius 2 is 1.65 bits per heavy atom. The molecule has 1 aromatic carbocycles. The highest BCUT2D eigenvalue weighted by molar-refractivity contribution is 5.88. The first-order valence-electron chi connectivity index (χ1n) is 7.79. The summed E-state index contributed by atoms with van der Waals surface area (Å²) in [5.41, 5.74) is 0.804. The highest BCUT2D eigenvalue weighted by atomic mass is 16.4. The normalized spacial score (nSPS) is 22.1. The predicted molar refractivity (Wildman–Crippen MR) is 82.8 cm³/mol. The largest absolute Gasteiger partial charge is 0.481 e. The van der Waals surface area contributed by atoms with E-state index >= 15 is 0 Å². The van der Waals surface area contributed by atoms with Gasteiger partial charge in [-0.05, 0) is 18.4 Å². The van der Waals surface area contributed by atoms with Crippen LogP contribution in [0.15, 0.2) is 30.3 Å². The number of nitrogens with one attached hydrogen (secondary N) is 1. The molecule has 1 fully saturated rings. The fourth-order valence-corrected chi connectivity index (χ4v) is 3.07. The molecule has 1 aromatic rings. The van der Waals surface area contributed by atoms with Gasteiger partial charge >= 0.3 is 11.9 Å². The lowest BCUT2D eigenvalue weighted by atomic mass is 9.78. The van der Waals surface area contributed by atoms with E-state index in [9.17, 15) is 24.6 Å². The summed E-state index contributed by atoms with van der Waals surface area (Å²) in [6, 6.07) is 7.97. The molecular formula is C17H21NO5. The number of benzene rings is 1. The topological polar surface area (TPSA) is 104 Å². The quantitative estimate of drug-likeness (QED) is 0.740. The average molecular weight is 319 g/mol. The third-order valence-electron chi connectivity index (χ3n) is 4.32. The van der Waals surface area contributed by atoms with Crippen molar-refractivity contribution < 1.29 is 24.6 Å². The van der Waals surface area contributed by atoms with Gasteiger partial charge < -0.3 is 15.5 Å². The second-order valence-corrected chi connectivity index (χ2v) is 5.92. The Morgan fingerprint density at radius 3 is 2.22 bits per heavy atom. The molecule has 124 valence electrons. The summed E-state index contributed by atoms with van der Waals surface area (Å²) in [6.45, 7) is 0. The lowest BCUT2D eigenvalue weighted by Crippen LogP contribution is -2.48. The summed E-state index contributed by atoms with van der Waals surface area (Å²) in [6.07, 6.45) is 2.70. The van der Waals surface area contributed by atoms with Crippen LogP contribution in [0.4, 0.5) is 0 Å². The van der Waals surface area contributed by atoms with Crippen LogP contribution in [0.5, 0.6) is 0 Å². The number of hydrogen-bond donors (Lipinski definition) is 3. The molecule has 3 unspecified atom stereocenters. The first-order valence-corrected chi connectivity index (χ1v) is 7.79. The van der Waals surface area contributed by atoms with E-state index in [-0.39, 0.29) is 6.42 Å². The molecule has 1 saturated carbocycles. The molecular weight excluding hydrogens is 298 g/mol. The SMILES string of the molecule is O=C(O)C(Cc1ccccc1)NC(=O)C1CCCCC1C(=O)O. The summed E-state index contributed by atoms with van der Waals surface area (Å²) in [7, 11) is 0. The second kappa shape index (κ2) is 7.76. The van der Waals surface area contributed by atoms with Crippen molar-refractivity contribution in [2.75, 3.05) is 0 Å². The molecule has 0 aliphatic heterocycles. The number of carbonyl (C=O) groups is 3. The zero-order chi connectivity index (χ0) is 16.8. The molecule has 0 heterocycles. The fraction of sp³-hybridized carbons (Fsp3) is 0.471. The Bertz CT molecular complexity index is 572. The van der Waals surface area contributed by atoms with Crippen molar-refractivity contribution in [3.05, 3.63) is 35.9 Å². The molecule has 0 bridgehead atoms. The van der Waals surface area contributed by atoms with Gasteiger partial charge in [0.15, 0.2) is 0 Å². The van der Waals surface area contributed by atoms with Crippen molar-refractivity contribution in [1.82, 2.24) is 5.32 Å². The van der Waals surface area contributed by atoms with Crippen LogP contribution in [0, 0.1) is 11.8 Å². The highest BCUT2D eigenvalue weighted by Crippen LogP contribution is 2.30. The standard InChI is InChI=1S/C17H21NO5/c19-15(12-8-4-5-9-13(12)16(20)21)18-14(17(22)23)10-11-6-2-1-3-7-11/h1-3,6-7,12-14H,4-5,8-10H2,(H,18,19)(H,20,21)(H,22,23). The van der Waals surface area contributed by atoms with Gasteiger partial charge in [0.05, 0.1) is 11.8 Å². The summed E-state index contributed by atoms with van der Waals surface area (Å²) in [5.74, 6) is -3.96. The van der Waals surface area contributed by atoms with Crippen molar-refractivity contribution >= 4 is 17.8 Å². The molecule has 1 aliphatic carbocycles. The first-order chi connectivity index (χ1) is 11.0. The van der Waals surface area contributed by atoms with Crippen LogP contribution >= 0.6 is 0 Å². The molecule has 23 heavy (non-hydrogen) atoms. The minimum Gasteiger partial charge on any atom is -0.481 e. The molecule has 1 aliphatic rings. The first kappa shape index (κ1) is 17.0. The molecule has 2 rings (SSSR count). The Morgan fingerprint density at radius 1 is 1.04 bits per heavy atom. The van der Waals surface area contributed by atoms with Gasteiger partial charge in [0, 0.05) is 6.42 Å². The van der Waals surface area contributed by atoms with Crippen molar-refractivity contribution in [3.63, 3.8) is 0 Å². The Labute approximate surface area is 134 Å². The molecule has 3 N–H and O–H groups in total. The Hall–Kier alpha value is -2.37. The number of carboxylic acid groups (broad SMARTS) is 2. The Balaban J connectivity index is 2.05. The van der Waals surface area contributed by atoms with Crippen LogP contribution in [0.1, 0.15) is 31.2 Å². The van der Waals surface area contributed by atoms with E-state index < -0.39 is 35.7 Å². The van der Waals surface area contributed by atoms with E-state index in [1.807, 2.05) is 6.07 Å². The van der Waals surface area contributed by atoms with E-state index in [1.165, 1.54) is 0 Å². The van der Waals surface area contributed by atoms with Gasteiger partial charge in [-0.2, -0.15) is 0 Å². The van der Waals surface area contributed by atoms with Gasteiger partial charge in [0.1, 0.15) is 6.04 Å². The number of aliphatic carboxylic acids is 2. The maximum atomic E-state index is 12.4. The third-order valence-corrected chi connectivity index (χ3v) is 4.32. The molecule has 0 radical (unpaired) electrons. The van der Waals surface area contributed by atoms with E-state index in [1.54, 1.807) is 24.3 Å². The lowest BCUT2D eigenvalue weighted by molar-refractivity contribution is -0.149. The number of amides is 1. The van der Waals surface area contributed by atoms with E-state index in [4.69, 9.17) is 0 Å². The minimum absolute atomic E-state index is 0.173. The molecule has 0 aromatic heterocycles. The van der Waals surface area contributed by atoms with Gasteiger partial charge in [-0.25, -0.2) is 4.79 Å². The molecule has 6 nitrogen and oxygen atoms in total. The predicted octanol–water partition coefficient (Wildman–Crippen LogP) is 1.69. The smallest absolute Gasteiger partial charge is 0.326 e. The van der Waals surface area contributed by atoms with Gasteiger partial charge in [0.2, 0.25) is 5.91 Å². The van der Waals surface area contributed by atoms with Crippen molar-refractivity contribution in [1.29, 1.82) is 0 Å². The number of rotatable bonds is 6. The fourth-order valence-electron chi connectivity index (χ4n) is 3.07. The number of carbonyl (C=O) groups excluding carboxylic acids is 1. The highest BCUT2D eigenvalue weighted by Gasteiger charge is 2.37. The lowest BCUT2D eigenvalue weighted by Gasteiger charge is -2.28. The van der Waals surface area contributed by atoms with Gasteiger partial charge in [0.25, 0.3) is 0 Å². The van der Waals surface area contributed by atoms with Crippen molar-refractivity contribution in [2.24, 2.45) is 11.8 Å². The summed E-state index contributed by atoms with van der Waals surface area (Å²) >= 11 is 0. The summed E-state index contributed by atoms with van der Waals surface area (Å²) in [4.78, 5) is 35.1. The van der Waals surface area contributed by atoms with Crippen LogP contribution in [-0.2, 0) is 20.8 Å². The molecule has 3 atom stereocenters. The van der Waals surface area contributed by atoms with Crippen LogP contribution in [0.2, 0.25) is 0 Å². The van der Waals surface area contributed by atoms with Gasteiger partial charge in [-0.3, -0.25) is 9.59 Å². The third kappa shape index (κ3) is 4.55. The maximum Gasteiger partial charge on any atom is 0.326 e. The van der Waals surface area contributed by atoms with Crippen LogP contribution in [-0.4, -0.2) is 34.1 Å². The van der Waals surface area contributed by atoms with E-state index in [0.717, 1.165) is 18.4 Å². The van der Waals surface area contributed by atoms with Crippen molar-refractivity contribution in [2.45, 2.75) is 38.1 Å². The van der Waals surface area contributed by atoms with Crippen LogP contribution < -0.4 is 5.32 Å². The van der Waals surface area contributed by atoms with E-state index in [2.05, 4.69) is 5.32 Å². The second-order valence-electron chi connectivity index (χ2n) is 5.92. The zero-order valence-electron chi connectivity index (χ0n) is 12.8.